The monoisotopic (exact) mass is 422 g/mol. The van der Waals surface area contributed by atoms with Gasteiger partial charge in [-0.15, -0.1) is 0 Å². The average molecular weight is 423 g/mol. The number of hydrogen-bond acceptors (Lipinski definition) is 0. The summed E-state index contributed by atoms with van der Waals surface area (Å²) in [4.78, 5) is 0. The third-order valence-electron chi connectivity index (χ3n) is 7.39. The molecule has 0 radical (unpaired) electrons. The molecule has 0 aromatic heterocycles. The average Bonchev–Trinajstić information content (AvgIpc) is 2.64. The quantitative estimate of drug-likeness (QED) is 0.161. The third-order valence-corrected chi connectivity index (χ3v) is 7.39. The molecule has 0 bridgehead atoms. The second-order valence-corrected chi connectivity index (χ2v) is 12.2. The van der Waals surface area contributed by atoms with Gasteiger partial charge in [0.2, 0.25) is 0 Å². The molecule has 0 heteroatoms. The van der Waals surface area contributed by atoms with E-state index in [2.05, 4.69) is 55.4 Å². The van der Waals surface area contributed by atoms with Gasteiger partial charge in [-0.1, -0.05) is 158 Å². The van der Waals surface area contributed by atoms with Crippen LogP contribution in [0.5, 0.6) is 0 Å². The molecule has 0 N–H and O–H groups in total. The first-order valence-electron chi connectivity index (χ1n) is 14.2. The van der Waals surface area contributed by atoms with Gasteiger partial charge in [0.1, 0.15) is 0 Å². The van der Waals surface area contributed by atoms with Gasteiger partial charge in [-0.3, -0.25) is 0 Å². The predicted octanol–water partition coefficient (Wildman–Crippen LogP) is 11.1. The minimum absolute atomic E-state index is 0.878. The van der Waals surface area contributed by atoms with Crippen LogP contribution in [-0.4, -0.2) is 0 Å². The lowest BCUT2D eigenvalue weighted by Gasteiger charge is -2.16. The Labute approximate surface area is 193 Å². The van der Waals surface area contributed by atoms with Gasteiger partial charge in [-0.05, 0) is 35.5 Å². The Balaban J connectivity index is 3.54. The molecule has 0 aliphatic rings. The van der Waals surface area contributed by atoms with Crippen molar-refractivity contribution < 1.29 is 0 Å². The Morgan fingerprint density at radius 2 is 0.467 bits per heavy atom. The minimum Gasteiger partial charge on any atom is -0.0628 e. The van der Waals surface area contributed by atoms with Crippen molar-refractivity contribution in [2.45, 2.75) is 158 Å². The summed E-state index contributed by atoms with van der Waals surface area (Å²) in [6.07, 6.45) is 23.2. The molecule has 0 spiro atoms. The normalized spacial score (nSPS) is 16.2. The SMILES string of the molecule is CC(C)CCC[C@@H](C)CCC[C@@H](C)CCCC[C@@H](C)CCC[C@@H](C)CCCC(C)C. The molecular weight excluding hydrogens is 360 g/mol. The lowest BCUT2D eigenvalue weighted by atomic mass is 9.90. The molecule has 0 aromatic carbocycles. The fraction of sp³-hybridized carbons (Fsp3) is 1.00. The maximum absolute atomic E-state index is 2.49. The second-order valence-electron chi connectivity index (χ2n) is 12.2. The van der Waals surface area contributed by atoms with Crippen molar-refractivity contribution in [3.63, 3.8) is 0 Å². The van der Waals surface area contributed by atoms with Gasteiger partial charge in [-0.25, -0.2) is 0 Å². The summed E-state index contributed by atoms with van der Waals surface area (Å²) < 4.78 is 0. The third kappa shape index (κ3) is 21.2. The standard InChI is InChI=1S/C30H62/c1-25(2)15-11-19-29(7)23-13-21-27(5)17-9-10-18-28(6)22-14-24-30(8)20-12-16-26(3)4/h25-30H,9-24H2,1-8H3/t27-,28+,29+,30-. The molecule has 0 rings (SSSR count). The van der Waals surface area contributed by atoms with E-state index in [-0.39, 0.29) is 0 Å². The summed E-state index contributed by atoms with van der Waals surface area (Å²) in [5.74, 6) is 5.51. The van der Waals surface area contributed by atoms with E-state index in [1.54, 1.807) is 0 Å². The lowest BCUT2D eigenvalue weighted by Crippen LogP contribution is -2.01. The van der Waals surface area contributed by atoms with Crippen molar-refractivity contribution in [3.05, 3.63) is 0 Å². The van der Waals surface area contributed by atoms with Crippen molar-refractivity contribution in [1.29, 1.82) is 0 Å². The molecule has 4 atom stereocenters. The highest BCUT2D eigenvalue weighted by atomic mass is 14.1. The van der Waals surface area contributed by atoms with Crippen LogP contribution in [0.3, 0.4) is 0 Å². The lowest BCUT2D eigenvalue weighted by molar-refractivity contribution is 0.369. The topological polar surface area (TPSA) is 0 Å². The molecule has 30 heavy (non-hydrogen) atoms. The Kier molecular flexibility index (Phi) is 19.7. The highest BCUT2D eigenvalue weighted by Crippen LogP contribution is 2.24. The Hall–Kier alpha value is 0. The van der Waals surface area contributed by atoms with E-state index < -0.39 is 0 Å². The molecule has 182 valence electrons. The summed E-state index contributed by atoms with van der Waals surface area (Å²) in [6.45, 7) is 19.3. The summed E-state index contributed by atoms with van der Waals surface area (Å²) in [5, 5.41) is 0. The zero-order valence-electron chi connectivity index (χ0n) is 22.8. The van der Waals surface area contributed by atoms with Gasteiger partial charge in [0.05, 0.1) is 0 Å². The van der Waals surface area contributed by atoms with Gasteiger partial charge >= 0.3 is 0 Å². The molecule has 0 unspecified atom stereocenters. The summed E-state index contributed by atoms with van der Waals surface area (Å²) in [7, 11) is 0. The maximum atomic E-state index is 2.49. The van der Waals surface area contributed by atoms with Gasteiger partial charge in [-0.2, -0.15) is 0 Å². The Morgan fingerprint density at radius 1 is 0.267 bits per heavy atom. The van der Waals surface area contributed by atoms with Crippen LogP contribution in [0.4, 0.5) is 0 Å². The number of hydrogen-bond donors (Lipinski definition) is 0. The van der Waals surface area contributed by atoms with Gasteiger partial charge in [0, 0.05) is 0 Å². The molecule has 0 aliphatic carbocycles. The predicted molar refractivity (Wildman–Crippen MR) is 140 cm³/mol. The van der Waals surface area contributed by atoms with Crippen molar-refractivity contribution in [2.75, 3.05) is 0 Å². The second kappa shape index (κ2) is 19.7. The fourth-order valence-corrected chi connectivity index (χ4v) is 4.94. The van der Waals surface area contributed by atoms with Crippen LogP contribution < -0.4 is 0 Å². The minimum atomic E-state index is 0.878. The maximum Gasteiger partial charge on any atom is -0.0443 e. The van der Waals surface area contributed by atoms with Crippen LogP contribution in [0.2, 0.25) is 0 Å². The van der Waals surface area contributed by atoms with E-state index in [0.29, 0.717) is 0 Å². The van der Waals surface area contributed by atoms with Crippen LogP contribution in [0.1, 0.15) is 158 Å². The fourth-order valence-electron chi connectivity index (χ4n) is 4.94. The molecule has 0 aromatic rings. The molecule has 0 heterocycles. The van der Waals surface area contributed by atoms with Crippen LogP contribution >= 0.6 is 0 Å². The Bertz CT molecular complexity index is 308. The number of rotatable bonds is 21. The van der Waals surface area contributed by atoms with Crippen molar-refractivity contribution in [1.82, 2.24) is 0 Å². The van der Waals surface area contributed by atoms with Crippen molar-refractivity contribution >= 4 is 0 Å². The highest BCUT2D eigenvalue weighted by molar-refractivity contribution is 4.62. The van der Waals surface area contributed by atoms with Crippen molar-refractivity contribution in [3.8, 4) is 0 Å². The number of unbranched alkanes of at least 4 members (excludes halogenated alkanes) is 1. The van der Waals surface area contributed by atoms with E-state index in [0.717, 1.165) is 35.5 Å². The van der Waals surface area contributed by atoms with Gasteiger partial charge in [0.15, 0.2) is 0 Å². The molecule has 0 saturated heterocycles. The van der Waals surface area contributed by atoms with E-state index in [9.17, 15) is 0 Å². The first-order valence-corrected chi connectivity index (χ1v) is 14.2. The van der Waals surface area contributed by atoms with E-state index >= 15 is 0 Å². The van der Waals surface area contributed by atoms with Gasteiger partial charge < -0.3 is 0 Å². The molecular formula is C30H62. The largest absolute Gasteiger partial charge is 0.0628 e. The molecule has 0 aliphatic heterocycles. The highest BCUT2D eigenvalue weighted by Gasteiger charge is 2.09. The molecule has 0 amide bonds. The summed E-state index contributed by atoms with van der Waals surface area (Å²) >= 11 is 0. The van der Waals surface area contributed by atoms with Crippen molar-refractivity contribution in [2.24, 2.45) is 35.5 Å². The Morgan fingerprint density at radius 3 is 0.700 bits per heavy atom. The van der Waals surface area contributed by atoms with E-state index in [1.807, 2.05) is 0 Å². The summed E-state index contributed by atoms with van der Waals surface area (Å²) in [5.41, 5.74) is 0. The smallest absolute Gasteiger partial charge is 0.0443 e. The van der Waals surface area contributed by atoms with Crippen LogP contribution in [0.15, 0.2) is 0 Å². The van der Waals surface area contributed by atoms with Crippen LogP contribution in [0, 0.1) is 35.5 Å². The van der Waals surface area contributed by atoms with E-state index in [1.165, 1.54) is 103 Å². The molecule has 0 fully saturated rings. The van der Waals surface area contributed by atoms with Gasteiger partial charge in [0.25, 0.3) is 0 Å². The first kappa shape index (κ1) is 30.0. The summed E-state index contributed by atoms with van der Waals surface area (Å²) in [6, 6.07) is 0. The molecule has 0 saturated carbocycles. The molecule has 0 nitrogen and oxygen atoms in total. The van der Waals surface area contributed by atoms with Crippen LogP contribution in [0.25, 0.3) is 0 Å². The van der Waals surface area contributed by atoms with E-state index in [4.69, 9.17) is 0 Å². The first-order chi connectivity index (χ1) is 14.2. The zero-order chi connectivity index (χ0) is 22.8. The zero-order valence-corrected chi connectivity index (χ0v) is 22.8. The van der Waals surface area contributed by atoms with Crippen LogP contribution in [-0.2, 0) is 0 Å².